The van der Waals surface area contributed by atoms with Gasteiger partial charge in [-0.2, -0.15) is 4.98 Å². The first-order valence-electron chi connectivity index (χ1n) is 7.72. The third-order valence-electron chi connectivity index (χ3n) is 3.96. The minimum Gasteiger partial charge on any atom is -0.484 e. The monoisotopic (exact) mass is 352 g/mol. The van der Waals surface area contributed by atoms with Crippen LogP contribution in [0.5, 0.6) is 5.75 Å². The predicted octanol–water partition coefficient (Wildman–Crippen LogP) is 1.91. The maximum atomic E-state index is 11.8. The van der Waals surface area contributed by atoms with Crippen LogP contribution in [-0.2, 0) is 16.9 Å². The number of rotatable bonds is 6. The van der Waals surface area contributed by atoms with Gasteiger partial charge in [-0.25, -0.2) is 0 Å². The van der Waals surface area contributed by atoms with Crippen LogP contribution in [-0.4, -0.2) is 22.7 Å². The van der Waals surface area contributed by atoms with E-state index in [2.05, 4.69) is 15.5 Å². The van der Waals surface area contributed by atoms with Crippen LogP contribution in [0.4, 0.5) is 0 Å². The molecule has 0 atom stereocenters. The van der Waals surface area contributed by atoms with E-state index in [9.17, 15) is 4.79 Å². The van der Waals surface area contributed by atoms with Crippen LogP contribution in [0.2, 0.25) is 0 Å². The molecule has 1 amide bonds. The van der Waals surface area contributed by atoms with Gasteiger partial charge in [0.25, 0.3) is 5.91 Å². The standard InChI is InChI=1S/C16H20N4O3.ClH/c17-16(8-4-5-9-16)15-19-14(23-20-15)10-18-13(21)11-22-12-6-2-1-3-7-12;/h1-3,6-7H,4-5,8-11,17H2,(H,18,21);1H. The molecule has 1 aliphatic rings. The van der Waals surface area contributed by atoms with E-state index < -0.39 is 5.54 Å². The number of amides is 1. The number of nitrogens with two attached hydrogens (primary N) is 1. The number of ether oxygens (including phenoxy) is 1. The van der Waals surface area contributed by atoms with Crippen LogP contribution in [0.25, 0.3) is 0 Å². The fourth-order valence-electron chi connectivity index (χ4n) is 2.65. The van der Waals surface area contributed by atoms with Crippen LogP contribution in [0.3, 0.4) is 0 Å². The number of hydrogen-bond acceptors (Lipinski definition) is 6. The van der Waals surface area contributed by atoms with Crippen LogP contribution in [0, 0.1) is 0 Å². The van der Waals surface area contributed by atoms with Crippen molar-refractivity contribution in [3.63, 3.8) is 0 Å². The molecule has 0 bridgehead atoms. The van der Waals surface area contributed by atoms with Gasteiger partial charge < -0.3 is 20.3 Å². The summed E-state index contributed by atoms with van der Waals surface area (Å²) >= 11 is 0. The van der Waals surface area contributed by atoms with Crippen LogP contribution in [0.1, 0.15) is 37.4 Å². The van der Waals surface area contributed by atoms with Crippen molar-refractivity contribution in [3.8, 4) is 5.75 Å². The molecule has 1 aliphatic carbocycles. The van der Waals surface area contributed by atoms with E-state index in [0.29, 0.717) is 17.5 Å². The molecule has 1 aromatic carbocycles. The molecular formula is C16H21ClN4O3. The van der Waals surface area contributed by atoms with Crippen molar-refractivity contribution in [2.45, 2.75) is 37.8 Å². The number of nitrogens with zero attached hydrogens (tertiary/aromatic N) is 2. The molecule has 0 unspecified atom stereocenters. The molecule has 0 saturated heterocycles. The molecule has 3 N–H and O–H groups in total. The van der Waals surface area contributed by atoms with Crippen molar-refractivity contribution in [2.24, 2.45) is 5.73 Å². The molecule has 3 rings (SSSR count). The number of hydrogen-bond donors (Lipinski definition) is 2. The number of carbonyl (C=O) groups is 1. The summed E-state index contributed by atoms with van der Waals surface area (Å²) in [5.74, 6) is 1.27. The summed E-state index contributed by atoms with van der Waals surface area (Å²) in [5, 5.41) is 6.63. The van der Waals surface area contributed by atoms with Crippen molar-refractivity contribution in [3.05, 3.63) is 42.0 Å². The van der Waals surface area contributed by atoms with E-state index in [1.54, 1.807) is 12.1 Å². The van der Waals surface area contributed by atoms with Crippen molar-refractivity contribution in [1.29, 1.82) is 0 Å². The van der Waals surface area contributed by atoms with Gasteiger partial charge in [-0.05, 0) is 25.0 Å². The highest BCUT2D eigenvalue weighted by molar-refractivity contribution is 5.85. The molecule has 24 heavy (non-hydrogen) atoms. The Bertz CT molecular complexity index is 656. The van der Waals surface area contributed by atoms with Gasteiger partial charge in [-0.1, -0.05) is 36.2 Å². The summed E-state index contributed by atoms with van der Waals surface area (Å²) in [5.41, 5.74) is 5.79. The summed E-state index contributed by atoms with van der Waals surface area (Å²) < 4.78 is 10.5. The predicted molar refractivity (Wildman–Crippen MR) is 89.7 cm³/mol. The zero-order valence-corrected chi connectivity index (χ0v) is 14.1. The lowest BCUT2D eigenvalue weighted by Gasteiger charge is -2.17. The average molecular weight is 353 g/mol. The van der Waals surface area contributed by atoms with E-state index in [-0.39, 0.29) is 31.5 Å². The second-order valence-electron chi connectivity index (χ2n) is 5.75. The highest BCUT2D eigenvalue weighted by Gasteiger charge is 2.35. The molecule has 8 heteroatoms. The molecule has 1 heterocycles. The molecule has 1 fully saturated rings. The minimum absolute atomic E-state index is 0. The SMILES string of the molecule is Cl.NC1(c2noc(CNC(=O)COc3ccccc3)n2)CCCC1. The normalized spacial score (nSPS) is 15.5. The summed E-state index contributed by atoms with van der Waals surface area (Å²) in [6, 6.07) is 9.16. The number of para-hydroxylation sites is 1. The first-order valence-corrected chi connectivity index (χ1v) is 7.72. The third-order valence-corrected chi connectivity index (χ3v) is 3.96. The Morgan fingerprint density at radius 3 is 2.71 bits per heavy atom. The second-order valence-corrected chi connectivity index (χ2v) is 5.75. The van der Waals surface area contributed by atoms with E-state index in [0.717, 1.165) is 25.7 Å². The molecule has 2 aromatic rings. The Balaban J connectivity index is 0.00000208. The Morgan fingerprint density at radius 1 is 1.29 bits per heavy atom. The zero-order valence-electron chi connectivity index (χ0n) is 13.2. The lowest BCUT2D eigenvalue weighted by atomic mass is 9.99. The molecule has 1 aromatic heterocycles. The quantitative estimate of drug-likeness (QED) is 0.823. The van der Waals surface area contributed by atoms with Gasteiger partial charge in [0, 0.05) is 0 Å². The lowest BCUT2D eigenvalue weighted by molar-refractivity contribution is -0.123. The van der Waals surface area contributed by atoms with Gasteiger partial charge in [0.1, 0.15) is 5.75 Å². The Morgan fingerprint density at radius 2 is 2.00 bits per heavy atom. The maximum Gasteiger partial charge on any atom is 0.258 e. The Labute approximate surface area is 146 Å². The molecule has 130 valence electrons. The van der Waals surface area contributed by atoms with Crippen molar-refractivity contribution in [2.75, 3.05) is 6.61 Å². The van der Waals surface area contributed by atoms with Crippen molar-refractivity contribution >= 4 is 18.3 Å². The smallest absolute Gasteiger partial charge is 0.258 e. The van der Waals surface area contributed by atoms with Gasteiger partial charge in [-0.3, -0.25) is 4.79 Å². The van der Waals surface area contributed by atoms with E-state index >= 15 is 0 Å². The first-order chi connectivity index (χ1) is 11.2. The number of benzene rings is 1. The summed E-state index contributed by atoms with van der Waals surface area (Å²) in [4.78, 5) is 16.1. The molecule has 7 nitrogen and oxygen atoms in total. The van der Waals surface area contributed by atoms with E-state index in [1.807, 2.05) is 18.2 Å². The average Bonchev–Trinajstić information content (AvgIpc) is 3.22. The minimum atomic E-state index is -0.484. The maximum absolute atomic E-state index is 11.8. The fourth-order valence-corrected chi connectivity index (χ4v) is 2.65. The van der Waals surface area contributed by atoms with Crippen LogP contribution in [0.15, 0.2) is 34.9 Å². The van der Waals surface area contributed by atoms with Crippen molar-refractivity contribution < 1.29 is 14.1 Å². The number of aromatic nitrogens is 2. The highest BCUT2D eigenvalue weighted by atomic mass is 35.5. The summed E-state index contributed by atoms with van der Waals surface area (Å²) in [6.45, 7) is 0.103. The fraction of sp³-hybridized carbons (Fsp3) is 0.438. The van der Waals surface area contributed by atoms with Gasteiger partial charge >= 0.3 is 0 Å². The highest BCUT2D eigenvalue weighted by Crippen LogP contribution is 2.34. The van der Waals surface area contributed by atoms with E-state index in [1.165, 1.54) is 0 Å². The molecule has 0 aliphatic heterocycles. The summed E-state index contributed by atoms with van der Waals surface area (Å²) in [6.07, 6.45) is 3.88. The van der Waals surface area contributed by atoms with Gasteiger partial charge in [0.15, 0.2) is 12.4 Å². The van der Waals surface area contributed by atoms with Crippen molar-refractivity contribution in [1.82, 2.24) is 15.5 Å². The second kappa shape index (κ2) is 8.12. The summed E-state index contributed by atoms with van der Waals surface area (Å²) in [7, 11) is 0. The zero-order chi connectivity index (χ0) is 16.1. The molecule has 1 saturated carbocycles. The van der Waals surface area contributed by atoms with Gasteiger partial charge in [-0.15, -0.1) is 12.4 Å². The van der Waals surface area contributed by atoms with Gasteiger partial charge in [0.2, 0.25) is 5.89 Å². The number of nitrogens with one attached hydrogen (secondary N) is 1. The Hall–Kier alpha value is -2.12. The topological polar surface area (TPSA) is 103 Å². The molecule has 0 spiro atoms. The molecular weight excluding hydrogens is 332 g/mol. The lowest BCUT2D eigenvalue weighted by Crippen LogP contribution is -2.34. The molecule has 0 radical (unpaired) electrons. The van der Waals surface area contributed by atoms with Gasteiger partial charge in [0.05, 0.1) is 12.1 Å². The number of carbonyl (C=O) groups excluding carboxylic acids is 1. The van der Waals surface area contributed by atoms with E-state index in [4.69, 9.17) is 15.0 Å². The largest absolute Gasteiger partial charge is 0.484 e. The Kier molecular flexibility index (Phi) is 6.16. The first kappa shape index (κ1) is 18.2. The number of halogens is 1. The van der Waals surface area contributed by atoms with Crippen LogP contribution >= 0.6 is 12.4 Å². The third kappa shape index (κ3) is 4.46. The van der Waals surface area contributed by atoms with Crippen LogP contribution < -0.4 is 15.8 Å².